The van der Waals surface area contributed by atoms with Crippen molar-refractivity contribution in [2.24, 2.45) is 0 Å². The first-order chi connectivity index (χ1) is 11.0. The number of nitrogens with one attached hydrogen (secondary N) is 1. The van der Waals surface area contributed by atoms with E-state index in [1.54, 1.807) is 11.0 Å². The van der Waals surface area contributed by atoms with Crippen molar-refractivity contribution in [3.8, 4) is 0 Å². The third-order valence-electron chi connectivity index (χ3n) is 3.46. The van der Waals surface area contributed by atoms with Gasteiger partial charge in [-0.25, -0.2) is 23.2 Å². The molecule has 1 amide bonds. The minimum atomic E-state index is -3.44. The number of carbonyl (C=O) groups excluding carboxylic acids is 1. The Hall–Kier alpha value is -1.90. The number of rotatable bonds is 3. The summed E-state index contributed by atoms with van der Waals surface area (Å²) < 4.78 is 28.4. The molecule has 1 saturated heterocycles. The second-order valence-electron chi connectivity index (χ2n) is 6.88. The monoisotopic (exact) mass is 356 g/mol. The van der Waals surface area contributed by atoms with Gasteiger partial charge < -0.3 is 15.0 Å². The first-order valence-electron chi connectivity index (χ1n) is 7.82. The fourth-order valence-corrected chi connectivity index (χ4v) is 2.86. The van der Waals surface area contributed by atoms with Crippen molar-refractivity contribution in [1.82, 2.24) is 14.9 Å². The van der Waals surface area contributed by atoms with Crippen molar-refractivity contribution in [2.45, 2.75) is 50.4 Å². The van der Waals surface area contributed by atoms with Gasteiger partial charge in [-0.3, -0.25) is 0 Å². The summed E-state index contributed by atoms with van der Waals surface area (Å²) in [4.78, 5) is 21.5. The summed E-state index contributed by atoms with van der Waals surface area (Å²) in [6.07, 6.45) is 3.66. The average molecular weight is 356 g/mol. The number of likely N-dealkylation sites (tertiary alicyclic amines) is 1. The Morgan fingerprint density at radius 2 is 1.96 bits per heavy atom. The lowest BCUT2D eigenvalue weighted by Crippen LogP contribution is -2.44. The molecule has 24 heavy (non-hydrogen) atoms. The zero-order valence-electron chi connectivity index (χ0n) is 14.4. The molecule has 0 radical (unpaired) electrons. The summed E-state index contributed by atoms with van der Waals surface area (Å²) >= 11 is 0. The molecule has 8 nitrogen and oxygen atoms in total. The van der Waals surface area contributed by atoms with Crippen LogP contribution >= 0.6 is 0 Å². The average Bonchev–Trinajstić information content (AvgIpc) is 2.45. The van der Waals surface area contributed by atoms with Crippen LogP contribution in [-0.4, -0.2) is 60.4 Å². The van der Waals surface area contributed by atoms with Crippen LogP contribution in [0.1, 0.15) is 33.6 Å². The molecule has 0 saturated carbocycles. The molecule has 2 rings (SSSR count). The molecule has 0 bridgehead atoms. The van der Waals surface area contributed by atoms with Gasteiger partial charge in [0.25, 0.3) is 0 Å². The maximum absolute atomic E-state index is 12.0. The lowest BCUT2D eigenvalue weighted by Gasteiger charge is -2.33. The van der Waals surface area contributed by atoms with E-state index in [0.29, 0.717) is 18.9 Å². The van der Waals surface area contributed by atoms with E-state index in [4.69, 9.17) is 4.74 Å². The van der Waals surface area contributed by atoms with Gasteiger partial charge in [-0.05, 0) is 39.7 Å². The Bertz CT molecular complexity index is 692. The molecule has 2 heterocycles. The highest BCUT2D eigenvalue weighted by Gasteiger charge is 2.27. The standard InChI is InChI=1S/C15H24N4O4S/c1-15(2,3)23-14(20)19-9-6-11(7-10-19)17-12-5-8-16-13(18-12)24(4,21)22/h5,8,11H,6-7,9-10H2,1-4H3,(H,16,17,18). The lowest BCUT2D eigenvalue weighted by molar-refractivity contribution is 0.0210. The van der Waals surface area contributed by atoms with Crippen LogP contribution in [0.25, 0.3) is 0 Å². The van der Waals surface area contributed by atoms with Crippen LogP contribution in [0.3, 0.4) is 0 Å². The van der Waals surface area contributed by atoms with Crippen LogP contribution in [0, 0.1) is 0 Å². The quantitative estimate of drug-likeness (QED) is 0.822. The van der Waals surface area contributed by atoms with Crippen molar-refractivity contribution < 1.29 is 17.9 Å². The van der Waals surface area contributed by atoms with Crippen LogP contribution in [-0.2, 0) is 14.6 Å². The third-order valence-corrected chi connectivity index (χ3v) is 4.32. The Labute approximate surface area is 142 Å². The minimum absolute atomic E-state index is 0.117. The predicted molar refractivity (Wildman–Crippen MR) is 89.6 cm³/mol. The highest BCUT2D eigenvalue weighted by molar-refractivity contribution is 7.90. The normalized spacial score (nSPS) is 16.8. The molecule has 1 fully saturated rings. The van der Waals surface area contributed by atoms with Crippen LogP contribution < -0.4 is 5.32 Å². The summed E-state index contributed by atoms with van der Waals surface area (Å²) in [5.74, 6) is 0.473. The maximum Gasteiger partial charge on any atom is 0.410 e. The molecule has 1 aliphatic rings. The van der Waals surface area contributed by atoms with Gasteiger partial charge in [0.15, 0.2) is 0 Å². The molecule has 0 spiro atoms. The molecule has 134 valence electrons. The number of aromatic nitrogens is 2. The zero-order chi connectivity index (χ0) is 18.0. The van der Waals surface area contributed by atoms with Crippen LogP contribution in [0.5, 0.6) is 0 Å². The zero-order valence-corrected chi connectivity index (χ0v) is 15.3. The number of anilines is 1. The van der Waals surface area contributed by atoms with Crippen LogP contribution in [0.15, 0.2) is 17.4 Å². The van der Waals surface area contributed by atoms with Gasteiger partial charge in [-0.1, -0.05) is 0 Å². The number of hydrogen-bond acceptors (Lipinski definition) is 7. The molecule has 1 N–H and O–H groups in total. The third kappa shape index (κ3) is 5.33. The number of nitrogens with zero attached hydrogens (tertiary/aromatic N) is 3. The summed E-state index contributed by atoms with van der Waals surface area (Å²) in [6, 6.07) is 1.75. The van der Waals surface area contributed by atoms with Crippen molar-refractivity contribution in [1.29, 1.82) is 0 Å². The first-order valence-corrected chi connectivity index (χ1v) is 9.71. The Balaban J connectivity index is 1.91. The van der Waals surface area contributed by atoms with Gasteiger partial charge in [0.1, 0.15) is 11.4 Å². The number of sulfone groups is 1. The van der Waals surface area contributed by atoms with Gasteiger partial charge in [0.2, 0.25) is 15.0 Å². The number of ether oxygens (including phenoxy) is 1. The first kappa shape index (κ1) is 18.4. The fourth-order valence-electron chi connectivity index (χ4n) is 2.34. The molecule has 0 aromatic carbocycles. The fraction of sp³-hybridized carbons (Fsp3) is 0.667. The number of amides is 1. The summed E-state index contributed by atoms with van der Waals surface area (Å²) in [5.41, 5.74) is -0.505. The van der Waals surface area contributed by atoms with Crippen molar-refractivity contribution >= 4 is 21.7 Å². The Morgan fingerprint density at radius 3 is 2.50 bits per heavy atom. The molecular formula is C15H24N4O4S. The second-order valence-corrected chi connectivity index (χ2v) is 8.79. The van der Waals surface area contributed by atoms with Crippen molar-refractivity contribution in [3.05, 3.63) is 12.3 Å². The smallest absolute Gasteiger partial charge is 0.410 e. The number of hydrogen-bond donors (Lipinski definition) is 1. The van der Waals surface area contributed by atoms with Gasteiger partial charge in [-0.15, -0.1) is 0 Å². The topological polar surface area (TPSA) is 101 Å². The van der Waals surface area contributed by atoms with Crippen molar-refractivity contribution in [2.75, 3.05) is 24.7 Å². The molecular weight excluding hydrogens is 332 g/mol. The SMILES string of the molecule is CC(C)(C)OC(=O)N1CCC(Nc2ccnc(S(C)(=O)=O)n2)CC1. The van der Waals surface area contributed by atoms with E-state index in [2.05, 4.69) is 15.3 Å². The van der Waals surface area contributed by atoms with Gasteiger partial charge >= 0.3 is 6.09 Å². The van der Waals surface area contributed by atoms with Gasteiger partial charge in [-0.2, -0.15) is 0 Å². The highest BCUT2D eigenvalue weighted by atomic mass is 32.2. The molecule has 0 atom stereocenters. The van der Waals surface area contributed by atoms with E-state index in [0.717, 1.165) is 19.1 Å². The molecule has 9 heteroatoms. The molecule has 1 aliphatic heterocycles. The van der Waals surface area contributed by atoms with E-state index in [1.165, 1.54) is 6.20 Å². The maximum atomic E-state index is 12.0. The molecule has 1 aromatic rings. The second kappa shape index (κ2) is 6.92. The van der Waals surface area contributed by atoms with Crippen LogP contribution in [0.4, 0.5) is 10.6 Å². The van der Waals surface area contributed by atoms with E-state index in [9.17, 15) is 13.2 Å². The van der Waals surface area contributed by atoms with Crippen molar-refractivity contribution in [3.63, 3.8) is 0 Å². The van der Waals surface area contributed by atoms with Gasteiger partial charge in [0.05, 0.1) is 0 Å². The molecule has 0 unspecified atom stereocenters. The predicted octanol–water partition coefficient (Wildman–Crippen LogP) is 1.69. The minimum Gasteiger partial charge on any atom is -0.444 e. The highest BCUT2D eigenvalue weighted by Crippen LogP contribution is 2.18. The van der Waals surface area contributed by atoms with Crippen LogP contribution in [0.2, 0.25) is 0 Å². The Morgan fingerprint density at radius 1 is 1.33 bits per heavy atom. The van der Waals surface area contributed by atoms with E-state index >= 15 is 0 Å². The number of piperidine rings is 1. The summed E-state index contributed by atoms with van der Waals surface area (Å²) in [6.45, 7) is 6.68. The molecule has 0 aliphatic carbocycles. The van der Waals surface area contributed by atoms with E-state index < -0.39 is 15.4 Å². The van der Waals surface area contributed by atoms with E-state index in [-0.39, 0.29) is 17.3 Å². The number of carbonyl (C=O) groups is 1. The summed E-state index contributed by atoms with van der Waals surface area (Å²) in [5, 5.41) is 3.01. The molecule has 1 aromatic heterocycles. The summed E-state index contributed by atoms with van der Waals surface area (Å²) in [7, 11) is -3.44. The lowest BCUT2D eigenvalue weighted by atomic mass is 10.1. The Kier molecular flexibility index (Phi) is 5.32. The largest absolute Gasteiger partial charge is 0.444 e. The van der Waals surface area contributed by atoms with Gasteiger partial charge in [0, 0.05) is 31.6 Å². The van der Waals surface area contributed by atoms with E-state index in [1.807, 2.05) is 20.8 Å².